The zero-order valence-electron chi connectivity index (χ0n) is 12.6. The van der Waals surface area contributed by atoms with E-state index in [9.17, 15) is 0 Å². The topological polar surface area (TPSA) is 15.3 Å². The van der Waals surface area contributed by atoms with Crippen LogP contribution < -0.4 is 5.32 Å². The predicted octanol–water partition coefficient (Wildman–Crippen LogP) is 3.67. The molecule has 0 aliphatic rings. The minimum atomic E-state index is 0.735. The van der Waals surface area contributed by atoms with Gasteiger partial charge in [0.2, 0.25) is 0 Å². The van der Waals surface area contributed by atoms with E-state index in [0.717, 1.165) is 6.04 Å². The van der Waals surface area contributed by atoms with Crippen LogP contribution in [0, 0.1) is 0 Å². The largest absolute Gasteiger partial charge is 0.314 e. The number of rotatable bonds is 12. The van der Waals surface area contributed by atoms with E-state index in [-0.39, 0.29) is 0 Å². The van der Waals surface area contributed by atoms with Crippen molar-refractivity contribution in [2.45, 2.75) is 71.3 Å². The van der Waals surface area contributed by atoms with Gasteiger partial charge in [-0.2, -0.15) is 0 Å². The van der Waals surface area contributed by atoms with Gasteiger partial charge in [0.15, 0.2) is 0 Å². The molecule has 0 aromatic rings. The van der Waals surface area contributed by atoms with Gasteiger partial charge in [-0.05, 0) is 46.4 Å². The number of nitrogens with one attached hydrogen (secondary N) is 1. The Labute approximate surface area is 109 Å². The SMILES string of the molecule is CCCCCCCC(CCN(C)C)NCCC. The third-order valence-electron chi connectivity index (χ3n) is 3.26. The molecule has 0 rings (SSSR count). The minimum absolute atomic E-state index is 0.735. The molecular formula is C15H34N2. The third kappa shape index (κ3) is 12.2. The van der Waals surface area contributed by atoms with Crippen LogP contribution in [0.25, 0.3) is 0 Å². The van der Waals surface area contributed by atoms with E-state index in [0.29, 0.717) is 0 Å². The standard InChI is InChI=1S/C15H34N2/c1-5-7-8-9-10-11-15(16-13-6-2)12-14-17(3)4/h15-16H,5-14H2,1-4H3. The predicted molar refractivity (Wildman–Crippen MR) is 78.6 cm³/mol. The third-order valence-corrected chi connectivity index (χ3v) is 3.26. The van der Waals surface area contributed by atoms with Crippen LogP contribution in [-0.4, -0.2) is 38.1 Å². The van der Waals surface area contributed by atoms with Crippen LogP contribution in [0.3, 0.4) is 0 Å². The van der Waals surface area contributed by atoms with Crippen LogP contribution >= 0.6 is 0 Å². The normalized spacial score (nSPS) is 13.2. The van der Waals surface area contributed by atoms with Crippen LogP contribution in [0.15, 0.2) is 0 Å². The van der Waals surface area contributed by atoms with Gasteiger partial charge in [0, 0.05) is 6.04 Å². The quantitative estimate of drug-likeness (QED) is 0.525. The number of hydrogen-bond donors (Lipinski definition) is 1. The maximum atomic E-state index is 3.69. The molecule has 104 valence electrons. The number of unbranched alkanes of at least 4 members (excludes halogenated alkanes) is 4. The molecule has 2 nitrogen and oxygen atoms in total. The molecule has 0 amide bonds. The molecule has 0 aliphatic carbocycles. The summed E-state index contributed by atoms with van der Waals surface area (Å²) in [4.78, 5) is 2.29. The summed E-state index contributed by atoms with van der Waals surface area (Å²) in [6.07, 6.45) is 10.9. The molecule has 2 heteroatoms. The van der Waals surface area contributed by atoms with Crippen molar-refractivity contribution in [1.29, 1.82) is 0 Å². The van der Waals surface area contributed by atoms with Crippen LogP contribution in [0.1, 0.15) is 65.2 Å². The lowest BCUT2D eigenvalue weighted by Crippen LogP contribution is -2.32. The lowest BCUT2D eigenvalue weighted by atomic mass is 10.0. The Morgan fingerprint density at radius 2 is 1.59 bits per heavy atom. The zero-order valence-corrected chi connectivity index (χ0v) is 12.6. The maximum absolute atomic E-state index is 3.69. The van der Waals surface area contributed by atoms with Gasteiger partial charge < -0.3 is 10.2 Å². The number of hydrogen-bond acceptors (Lipinski definition) is 2. The van der Waals surface area contributed by atoms with Gasteiger partial charge in [-0.15, -0.1) is 0 Å². The fraction of sp³-hybridized carbons (Fsp3) is 1.00. The van der Waals surface area contributed by atoms with Crippen LogP contribution in [-0.2, 0) is 0 Å². The highest BCUT2D eigenvalue weighted by molar-refractivity contribution is 4.68. The molecule has 1 unspecified atom stereocenters. The molecule has 0 radical (unpaired) electrons. The molecule has 0 aliphatic heterocycles. The second kappa shape index (κ2) is 12.4. The molecule has 0 spiro atoms. The molecule has 0 aromatic heterocycles. The highest BCUT2D eigenvalue weighted by Gasteiger charge is 2.07. The average Bonchev–Trinajstić information content (AvgIpc) is 2.31. The summed E-state index contributed by atoms with van der Waals surface area (Å²) in [7, 11) is 4.33. The van der Waals surface area contributed by atoms with Crippen molar-refractivity contribution in [3.63, 3.8) is 0 Å². The number of nitrogens with zero attached hydrogens (tertiary/aromatic N) is 1. The van der Waals surface area contributed by atoms with Gasteiger partial charge in [-0.25, -0.2) is 0 Å². The summed E-state index contributed by atoms with van der Waals surface area (Å²) in [5.41, 5.74) is 0. The Balaban J connectivity index is 3.61. The van der Waals surface area contributed by atoms with Gasteiger partial charge in [0.05, 0.1) is 0 Å². The first-order valence-corrected chi connectivity index (χ1v) is 7.58. The van der Waals surface area contributed by atoms with Gasteiger partial charge in [0.25, 0.3) is 0 Å². The molecule has 0 aromatic carbocycles. The van der Waals surface area contributed by atoms with E-state index in [1.54, 1.807) is 0 Å². The second-order valence-corrected chi connectivity index (χ2v) is 5.45. The highest BCUT2D eigenvalue weighted by Crippen LogP contribution is 2.09. The Hall–Kier alpha value is -0.0800. The second-order valence-electron chi connectivity index (χ2n) is 5.45. The molecule has 0 bridgehead atoms. The molecule has 0 saturated heterocycles. The van der Waals surface area contributed by atoms with E-state index >= 15 is 0 Å². The van der Waals surface area contributed by atoms with E-state index < -0.39 is 0 Å². The Morgan fingerprint density at radius 3 is 2.18 bits per heavy atom. The lowest BCUT2D eigenvalue weighted by Gasteiger charge is -2.20. The highest BCUT2D eigenvalue weighted by atomic mass is 15.1. The van der Waals surface area contributed by atoms with Crippen LogP contribution in [0.4, 0.5) is 0 Å². The molecule has 0 saturated carbocycles. The van der Waals surface area contributed by atoms with Crippen molar-refractivity contribution >= 4 is 0 Å². The van der Waals surface area contributed by atoms with Gasteiger partial charge >= 0.3 is 0 Å². The molecule has 1 atom stereocenters. The van der Waals surface area contributed by atoms with Gasteiger partial charge in [0.1, 0.15) is 0 Å². The first-order chi connectivity index (χ1) is 8.20. The van der Waals surface area contributed by atoms with Crippen molar-refractivity contribution in [3.05, 3.63) is 0 Å². The maximum Gasteiger partial charge on any atom is 0.00792 e. The zero-order chi connectivity index (χ0) is 12.9. The van der Waals surface area contributed by atoms with E-state index in [1.807, 2.05) is 0 Å². The fourth-order valence-corrected chi connectivity index (χ4v) is 2.11. The Morgan fingerprint density at radius 1 is 0.882 bits per heavy atom. The first-order valence-electron chi connectivity index (χ1n) is 7.58. The molecule has 17 heavy (non-hydrogen) atoms. The summed E-state index contributed by atoms with van der Waals surface area (Å²) in [6.45, 7) is 6.91. The summed E-state index contributed by atoms with van der Waals surface area (Å²) in [5.74, 6) is 0. The van der Waals surface area contributed by atoms with Crippen molar-refractivity contribution < 1.29 is 0 Å². The van der Waals surface area contributed by atoms with Gasteiger partial charge in [-0.1, -0.05) is 46.0 Å². The van der Waals surface area contributed by atoms with Crippen LogP contribution in [0.5, 0.6) is 0 Å². The Bertz CT molecular complexity index is 146. The molecule has 0 heterocycles. The minimum Gasteiger partial charge on any atom is -0.314 e. The summed E-state index contributed by atoms with van der Waals surface area (Å²) in [5, 5.41) is 3.69. The molecule has 0 fully saturated rings. The van der Waals surface area contributed by atoms with E-state index in [1.165, 1.54) is 64.5 Å². The first kappa shape index (κ1) is 16.9. The van der Waals surface area contributed by atoms with Crippen molar-refractivity contribution in [3.8, 4) is 0 Å². The van der Waals surface area contributed by atoms with E-state index in [4.69, 9.17) is 0 Å². The van der Waals surface area contributed by atoms with E-state index in [2.05, 4.69) is 38.2 Å². The molecule has 1 N–H and O–H groups in total. The monoisotopic (exact) mass is 242 g/mol. The fourth-order valence-electron chi connectivity index (χ4n) is 2.11. The summed E-state index contributed by atoms with van der Waals surface area (Å²) < 4.78 is 0. The summed E-state index contributed by atoms with van der Waals surface area (Å²) >= 11 is 0. The van der Waals surface area contributed by atoms with Crippen LogP contribution in [0.2, 0.25) is 0 Å². The summed E-state index contributed by atoms with van der Waals surface area (Å²) in [6, 6.07) is 0.735. The smallest absolute Gasteiger partial charge is 0.00792 e. The van der Waals surface area contributed by atoms with Crippen molar-refractivity contribution in [1.82, 2.24) is 10.2 Å². The van der Waals surface area contributed by atoms with Gasteiger partial charge in [-0.3, -0.25) is 0 Å². The van der Waals surface area contributed by atoms with Crippen molar-refractivity contribution in [2.24, 2.45) is 0 Å². The average molecular weight is 242 g/mol. The molecular weight excluding hydrogens is 208 g/mol. The van der Waals surface area contributed by atoms with Crippen molar-refractivity contribution in [2.75, 3.05) is 27.2 Å². The Kier molecular flexibility index (Phi) is 12.3. The lowest BCUT2D eigenvalue weighted by molar-refractivity contribution is 0.343.